The second-order valence-corrected chi connectivity index (χ2v) is 10.6. The summed E-state index contributed by atoms with van der Waals surface area (Å²) in [6.45, 7) is 2.84. The second-order valence-electron chi connectivity index (χ2n) is 7.28. The molecule has 1 atom stereocenters. The van der Waals surface area contributed by atoms with Crippen LogP contribution in [0.2, 0.25) is 0 Å². The molecule has 1 unspecified atom stereocenters. The van der Waals surface area contributed by atoms with E-state index >= 15 is 0 Å². The first-order valence-electron chi connectivity index (χ1n) is 9.96. The number of thiophene rings is 1. The Kier molecular flexibility index (Phi) is 6.47. The number of nitrogens with zero attached hydrogens (tertiary/aromatic N) is 4. The van der Waals surface area contributed by atoms with E-state index in [4.69, 9.17) is 17.0 Å². The third-order valence-corrected chi connectivity index (χ3v) is 8.50. The maximum absolute atomic E-state index is 13.2. The van der Waals surface area contributed by atoms with E-state index in [-0.39, 0.29) is 23.9 Å². The molecule has 12 heteroatoms. The average molecular weight is 494 g/mol. The highest BCUT2D eigenvalue weighted by atomic mass is 32.2. The number of amides is 1. The average Bonchev–Trinajstić information content (AvgIpc) is 3.48. The molecule has 4 rings (SSSR count). The van der Waals surface area contributed by atoms with E-state index < -0.39 is 16.1 Å². The molecule has 1 amide bonds. The minimum atomic E-state index is -3.64. The monoisotopic (exact) mass is 493 g/mol. The highest BCUT2D eigenvalue weighted by Crippen LogP contribution is 2.27. The topological polar surface area (TPSA) is 101 Å². The van der Waals surface area contributed by atoms with Gasteiger partial charge in [-0.15, -0.1) is 11.3 Å². The molecule has 2 aromatic heterocycles. The number of benzene rings is 1. The predicted octanol–water partition coefficient (Wildman–Crippen LogP) is 2.77. The standard InChI is InChI=1S/C20H23N5O4S3/c1-14(25-18(21-22-20(25)30)17-4-3-13-31-17)19(26)23-9-11-24(12-10-23)32(27,28)16-7-5-15(29-2)6-8-16/h3-8,13-14H,9-12H2,1-2H3,(H,22,30). The number of rotatable bonds is 6. The van der Waals surface area contributed by atoms with E-state index in [1.54, 1.807) is 28.5 Å². The molecule has 3 aromatic rings. The van der Waals surface area contributed by atoms with Gasteiger partial charge in [0.25, 0.3) is 0 Å². The minimum Gasteiger partial charge on any atom is -0.497 e. The number of H-pyrrole nitrogens is 1. The van der Waals surface area contributed by atoms with Gasteiger partial charge >= 0.3 is 0 Å². The lowest BCUT2D eigenvalue weighted by atomic mass is 10.2. The molecule has 9 nitrogen and oxygen atoms in total. The van der Waals surface area contributed by atoms with E-state index in [0.717, 1.165) is 4.88 Å². The van der Waals surface area contributed by atoms with E-state index in [0.29, 0.717) is 29.4 Å². The molecule has 0 bridgehead atoms. The van der Waals surface area contributed by atoms with Crippen LogP contribution in [0.5, 0.6) is 5.75 Å². The summed E-state index contributed by atoms with van der Waals surface area (Å²) in [5.41, 5.74) is 0. The summed E-state index contributed by atoms with van der Waals surface area (Å²) in [6.07, 6.45) is 0. The Morgan fingerprint density at radius 1 is 1.19 bits per heavy atom. The molecule has 32 heavy (non-hydrogen) atoms. The van der Waals surface area contributed by atoms with Gasteiger partial charge < -0.3 is 9.64 Å². The van der Waals surface area contributed by atoms with Crippen molar-refractivity contribution >= 4 is 39.5 Å². The van der Waals surface area contributed by atoms with E-state index in [1.165, 1.54) is 34.9 Å². The van der Waals surface area contributed by atoms with Gasteiger partial charge in [-0.25, -0.2) is 8.42 Å². The van der Waals surface area contributed by atoms with Gasteiger partial charge in [-0.05, 0) is 54.9 Å². The van der Waals surface area contributed by atoms with Crippen LogP contribution < -0.4 is 4.74 Å². The summed E-state index contributed by atoms with van der Waals surface area (Å²) < 4.78 is 34.5. The van der Waals surface area contributed by atoms with E-state index in [2.05, 4.69) is 10.2 Å². The van der Waals surface area contributed by atoms with Crippen molar-refractivity contribution in [2.45, 2.75) is 17.9 Å². The Morgan fingerprint density at radius 3 is 2.47 bits per heavy atom. The molecule has 1 N–H and O–H groups in total. The SMILES string of the molecule is COc1ccc(S(=O)(=O)N2CCN(C(=O)C(C)n3c(-c4cccs4)n[nH]c3=S)CC2)cc1. The number of ether oxygens (including phenoxy) is 1. The lowest BCUT2D eigenvalue weighted by molar-refractivity contribution is -0.135. The van der Waals surface area contributed by atoms with Crippen LogP contribution in [0.1, 0.15) is 13.0 Å². The molecule has 1 fully saturated rings. The summed E-state index contributed by atoms with van der Waals surface area (Å²) in [5, 5.41) is 9.00. The van der Waals surface area contributed by atoms with Crippen LogP contribution in [-0.2, 0) is 14.8 Å². The van der Waals surface area contributed by atoms with Crippen LogP contribution in [0, 0.1) is 4.77 Å². The molecule has 0 saturated carbocycles. The van der Waals surface area contributed by atoms with Gasteiger partial charge in [0.2, 0.25) is 15.9 Å². The number of carbonyl (C=O) groups excluding carboxylic acids is 1. The number of hydrogen-bond donors (Lipinski definition) is 1. The summed E-state index contributed by atoms with van der Waals surface area (Å²) >= 11 is 6.88. The third kappa shape index (κ3) is 4.22. The first-order valence-corrected chi connectivity index (χ1v) is 12.7. The van der Waals surface area contributed by atoms with Crippen LogP contribution in [0.4, 0.5) is 0 Å². The smallest absolute Gasteiger partial charge is 0.245 e. The van der Waals surface area contributed by atoms with Gasteiger partial charge in [-0.1, -0.05) is 6.07 Å². The molecule has 0 aliphatic carbocycles. The van der Waals surface area contributed by atoms with Crippen molar-refractivity contribution in [3.63, 3.8) is 0 Å². The number of nitrogens with one attached hydrogen (secondary N) is 1. The maximum Gasteiger partial charge on any atom is 0.245 e. The number of piperazine rings is 1. The van der Waals surface area contributed by atoms with Crippen molar-refractivity contribution in [1.29, 1.82) is 0 Å². The molecule has 1 aromatic carbocycles. The molecule has 0 spiro atoms. The number of aromatic amines is 1. The summed E-state index contributed by atoms with van der Waals surface area (Å²) in [6, 6.07) is 9.56. The van der Waals surface area contributed by atoms with Gasteiger partial charge in [-0.3, -0.25) is 14.5 Å². The molecule has 170 valence electrons. The fourth-order valence-corrected chi connectivity index (χ4v) is 6.09. The van der Waals surface area contributed by atoms with Crippen molar-refractivity contribution in [2.24, 2.45) is 0 Å². The zero-order valence-electron chi connectivity index (χ0n) is 17.6. The Morgan fingerprint density at radius 2 is 1.88 bits per heavy atom. The molecular weight excluding hydrogens is 470 g/mol. The fourth-order valence-electron chi connectivity index (χ4n) is 3.66. The lowest BCUT2D eigenvalue weighted by Gasteiger charge is -2.35. The molecule has 1 aliphatic heterocycles. The Balaban J connectivity index is 1.46. The highest BCUT2D eigenvalue weighted by molar-refractivity contribution is 7.89. The zero-order valence-corrected chi connectivity index (χ0v) is 20.0. The Bertz CT molecular complexity index is 1240. The normalized spacial score (nSPS) is 16.1. The zero-order chi connectivity index (χ0) is 22.9. The van der Waals surface area contributed by atoms with Crippen LogP contribution >= 0.6 is 23.6 Å². The number of methoxy groups -OCH3 is 1. The van der Waals surface area contributed by atoms with Crippen molar-refractivity contribution in [3.05, 3.63) is 46.5 Å². The van der Waals surface area contributed by atoms with E-state index in [1.807, 2.05) is 17.5 Å². The number of aromatic nitrogens is 3. The van der Waals surface area contributed by atoms with Gasteiger partial charge in [0.1, 0.15) is 11.8 Å². The second kappa shape index (κ2) is 9.14. The minimum absolute atomic E-state index is 0.123. The lowest BCUT2D eigenvalue weighted by Crippen LogP contribution is -2.51. The van der Waals surface area contributed by atoms with Crippen molar-refractivity contribution < 1.29 is 17.9 Å². The number of carbonyl (C=O) groups is 1. The molecular formula is C20H23N5O4S3. The van der Waals surface area contributed by atoms with Crippen molar-refractivity contribution in [1.82, 2.24) is 24.0 Å². The van der Waals surface area contributed by atoms with Gasteiger partial charge in [0.05, 0.1) is 16.9 Å². The number of hydrogen-bond acceptors (Lipinski definition) is 7. The summed E-state index contributed by atoms with van der Waals surface area (Å²) in [5.74, 6) is 1.08. The summed E-state index contributed by atoms with van der Waals surface area (Å²) in [4.78, 5) is 16.0. The highest BCUT2D eigenvalue weighted by Gasteiger charge is 2.32. The van der Waals surface area contributed by atoms with E-state index in [9.17, 15) is 13.2 Å². The van der Waals surface area contributed by atoms with Gasteiger partial charge in [-0.2, -0.15) is 9.40 Å². The van der Waals surface area contributed by atoms with Crippen LogP contribution in [0.25, 0.3) is 10.7 Å². The van der Waals surface area contributed by atoms with Crippen molar-refractivity contribution in [3.8, 4) is 16.5 Å². The van der Waals surface area contributed by atoms with Crippen molar-refractivity contribution in [2.75, 3.05) is 33.3 Å². The Labute approximate surface area is 195 Å². The Hall–Kier alpha value is -2.54. The van der Waals surface area contributed by atoms with Crippen LogP contribution in [0.3, 0.4) is 0 Å². The quantitative estimate of drug-likeness (QED) is 0.530. The van der Waals surface area contributed by atoms with Gasteiger partial charge in [0, 0.05) is 26.2 Å². The molecule has 0 radical (unpaired) electrons. The summed E-state index contributed by atoms with van der Waals surface area (Å²) in [7, 11) is -2.11. The number of sulfonamides is 1. The predicted molar refractivity (Wildman–Crippen MR) is 124 cm³/mol. The van der Waals surface area contributed by atoms with Crippen LogP contribution in [0.15, 0.2) is 46.7 Å². The molecule has 1 aliphatic rings. The molecule has 3 heterocycles. The van der Waals surface area contributed by atoms with Gasteiger partial charge in [0.15, 0.2) is 10.6 Å². The van der Waals surface area contributed by atoms with Crippen LogP contribution in [-0.4, -0.2) is 71.6 Å². The molecule has 1 saturated heterocycles. The maximum atomic E-state index is 13.2. The largest absolute Gasteiger partial charge is 0.497 e. The first kappa shape index (κ1) is 22.6. The first-order chi connectivity index (χ1) is 15.3. The third-order valence-electron chi connectivity index (χ3n) is 5.44. The fraction of sp³-hybridized carbons (Fsp3) is 0.350.